The molecule has 0 amide bonds. The van der Waals surface area contributed by atoms with Crippen LogP contribution in [0.25, 0.3) is 0 Å². The molecule has 230 valence electrons. The Morgan fingerprint density at radius 3 is 1.20 bits per heavy atom. The van der Waals surface area contributed by atoms with Crippen molar-refractivity contribution in [2.24, 2.45) is 35.5 Å². The standard InChI is InChI=1S/C38H44N2O4/c39-29-4-6-31(33(35(29)41)37-15-21-8-22(16-37)10-23(9-21)17-37)43-27-2-1-3-28(14-27)44-32-7-5-30(40)36(42)34(32)38-18-24-11-25(19-38)13-26(12-24)20-38/h1-7,14,21-26,41-42H,8-13,15-20,39-40H2. The van der Waals surface area contributed by atoms with Crippen LogP contribution in [-0.2, 0) is 10.8 Å². The van der Waals surface area contributed by atoms with Gasteiger partial charge in [-0.15, -0.1) is 0 Å². The second kappa shape index (κ2) is 9.48. The average molecular weight is 593 g/mol. The van der Waals surface area contributed by atoms with Crippen LogP contribution in [0.2, 0.25) is 0 Å². The summed E-state index contributed by atoms with van der Waals surface area (Å²) in [5.41, 5.74) is 15.1. The highest BCUT2D eigenvalue weighted by Crippen LogP contribution is 2.65. The van der Waals surface area contributed by atoms with Crippen LogP contribution in [0.4, 0.5) is 11.4 Å². The van der Waals surface area contributed by atoms with Crippen molar-refractivity contribution in [1.82, 2.24) is 0 Å². The van der Waals surface area contributed by atoms with Gasteiger partial charge in [0.25, 0.3) is 0 Å². The fourth-order valence-corrected chi connectivity index (χ4v) is 12.1. The number of rotatable bonds is 6. The molecule has 3 aromatic carbocycles. The number of hydrogen-bond acceptors (Lipinski definition) is 6. The van der Waals surface area contributed by atoms with Crippen molar-refractivity contribution in [3.05, 3.63) is 59.7 Å². The molecule has 0 saturated heterocycles. The first-order valence-electron chi connectivity index (χ1n) is 17.0. The number of ether oxygens (including phenoxy) is 2. The van der Waals surface area contributed by atoms with Gasteiger partial charge < -0.3 is 31.2 Å². The van der Waals surface area contributed by atoms with Crippen LogP contribution in [-0.4, -0.2) is 10.2 Å². The summed E-state index contributed by atoms with van der Waals surface area (Å²) in [6.07, 6.45) is 14.5. The maximum Gasteiger partial charge on any atom is 0.145 e. The lowest BCUT2D eigenvalue weighted by molar-refractivity contribution is -0.00705. The Morgan fingerprint density at radius 2 is 0.864 bits per heavy atom. The second-order valence-electron chi connectivity index (χ2n) is 15.8. The number of phenolic OH excluding ortho intramolecular Hbond substituents is 2. The molecule has 6 heteroatoms. The van der Waals surface area contributed by atoms with E-state index in [4.69, 9.17) is 20.9 Å². The highest BCUT2D eigenvalue weighted by atomic mass is 16.5. The molecule has 0 atom stereocenters. The number of aromatic hydroxyl groups is 2. The summed E-state index contributed by atoms with van der Waals surface area (Å²) in [5.74, 6) is 7.42. The lowest BCUT2D eigenvalue weighted by atomic mass is 9.48. The van der Waals surface area contributed by atoms with E-state index in [2.05, 4.69) is 0 Å². The molecule has 6 N–H and O–H groups in total. The molecule has 3 aromatic rings. The maximum absolute atomic E-state index is 11.4. The lowest BCUT2D eigenvalue weighted by Gasteiger charge is -2.57. The zero-order valence-corrected chi connectivity index (χ0v) is 25.4. The van der Waals surface area contributed by atoms with Gasteiger partial charge >= 0.3 is 0 Å². The van der Waals surface area contributed by atoms with Crippen LogP contribution in [0.3, 0.4) is 0 Å². The molecule has 8 aliphatic rings. The summed E-state index contributed by atoms with van der Waals surface area (Å²) in [5, 5.41) is 22.8. The molecule has 6 nitrogen and oxygen atoms in total. The molecule has 8 saturated carbocycles. The Balaban J connectivity index is 1.05. The zero-order chi connectivity index (χ0) is 29.8. The van der Waals surface area contributed by atoms with Crippen LogP contribution in [0.5, 0.6) is 34.5 Å². The topological polar surface area (TPSA) is 111 Å². The van der Waals surface area contributed by atoms with Crippen molar-refractivity contribution < 1.29 is 19.7 Å². The first-order chi connectivity index (χ1) is 21.3. The first-order valence-corrected chi connectivity index (χ1v) is 17.0. The predicted molar refractivity (Wildman–Crippen MR) is 171 cm³/mol. The molecule has 8 fully saturated rings. The van der Waals surface area contributed by atoms with Gasteiger partial charge in [0.2, 0.25) is 0 Å². The van der Waals surface area contributed by atoms with Crippen molar-refractivity contribution >= 4 is 11.4 Å². The van der Waals surface area contributed by atoms with Gasteiger partial charge in [0.15, 0.2) is 0 Å². The Kier molecular flexibility index (Phi) is 5.78. The molecular weight excluding hydrogens is 548 g/mol. The van der Waals surface area contributed by atoms with Gasteiger partial charge in [0.1, 0.15) is 34.5 Å². The van der Waals surface area contributed by atoms with Gasteiger partial charge in [-0.25, -0.2) is 0 Å². The molecule has 0 spiro atoms. The smallest absolute Gasteiger partial charge is 0.145 e. The third-order valence-electron chi connectivity index (χ3n) is 12.7. The fourth-order valence-electron chi connectivity index (χ4n) is 12.1. The summed E-state index contributed by atoms with van der Waals surface area (Å²) >= 11 is 0. The van der Waals surface area contributed by atoms with E-state index in [9.17, 15) is 10.2 Å². The van der Waals surface area contributed by atoms with Crippen molar-refractivity contribution in [2.75, 3.05) is 11.5 Å². The minimum absolute atomic E-state index is 0.0775. The van der Waals surface area contributed by atoms with E-state index < -0.39 is 0 Å². The lowest BCUT2D eigenvalue weighted by Crippen LogP contribution is -2.48. The van der Waals surface area contributed by atoms with E-state index in [-0.39, 0.29) is 22.3 Å². The van der Waals surface area contributed by atoms with Crippen molar-refractivity contribution in [3.63, 3.8) is 0 Å². The summed E-state index contributed by atoms with van der Waals surface area (Å²) < 4.78 is 13.2. The fraction of sp³-hybridized carbons (Fsp3) is 0.526. The van der Waals surface area contributed by atoms with E-state index in [0.717, 1.165) is 85.2 Å². The summed E-state index contributed by atoms with van der Waals surface area (Å²) in [6.45, 7) is 0. The summed E-state index contributed by atoms with van der Waals surface area (Å²) in [4.78, 5) is 0. The normalized spacial score (nSPS) is 36.1. The van der Waals surface area contributed by atoms with Crippen molar-refractivity contribution in [2.45, 2.75) is 87.9 Å². The molecule has 0 aliphatic heterocycles. The van der Waals surface area contributed by atoms with E-state index in [1.165, 1.54) is 38.5 Å². The van der Waals surface area contributed by atoms with Gasteiger partial charge in [-0.2, -0.15) is 0 Å². The Hall–Kier alpha value is -3.54. The van der Waals surface area contributed by atoms with Crippen LogP contribution in [0, 0.1) is 35.5 Å². The summed E-state index contributed by atoms with van der Waals surface area (Å²) in [7, 11) is 0. The quantitative estimate of drug-likeness (QED) is 0.168. The van der Waals surface area contributed by atoms with Gasteiger partial charge in [-0.05, 0) is 149 Å². The SMILES string of the molecule is Nc1ccc(Oc2cccc(Oc3ccc(N)c(O)c3C34CC5CC(CC(C5)C3)C4)c2)c(C23CC4CC(CC(C4)C2)C3)c1O. The molecule has 11 rings (SSSR count). The summed E-state index contributed by atoms with van der Waals surface area (Å²) in [6, 6.07) is 15.1. The number of hydrogen-bond donors (Lipinski definition) is 4. The van der Waals surface area contributed by atoms with Crippen molar-refractivity contribution in [1.29, 1.82) is 0 Å². The zero-order valence-electron chi connectivity index (χ0n) is 25.4. The molecule has 0 unspecified atom stereocenters. The largest absolute Gasteiger partial charge is 0.505 e. The van der Waals surface area contributed by atoms with Crippen LogP contribution in [0.1, 0.15) is 88.2 Å². The highest BCUT2D eigenvalue weighted by molar-refractivity contribution is 5.66. The van der Waals surface area contributed by atoms with Crippen molar-refractivity contribution in [3.8, 4) is 34.5 Å². The highest BCUT2D eigenvalue weighted by Gasteiger charge is 2.55. The van der Waals surface area contributed by atoms with Crippen LogP contribution in [0.15, 0.2) is 48.5 Å². The Bertz CT molecular complexity index is 1460. The van der Waals surface area contributed by atoms with E-state index >= 15 is 0 Å². The minimum atomic E-state index is -0.0775. The molecule has 44 heavy (non-hydrogen) atoms. The van der Waals surface area contributed by atoms with Gasteiger partial charge in [0, 0.05) is 28.0 Å². The minimum Gasteiger partial charge on any atom is -0.505 e. The molecular formula is C38H44N2O4. The maximum atomic E-state index is 11.4. The Labute approximate surface area is 259 Å². The second-order valence-corrected chi connectivity index (χ2v) is 15.8. The monoisotopic (exact) mass is 592 g/mol. The molecule has 8 bridgehead atoms. The van der Waals surface area contributed by atoms with E-state index in [1.54, 1.807) is 12.1 Å². The van der Waals surface area contributed by atoms with Gasteiger partial charge in [0.05, 0.1) is 11.4 Å². The van der Waals surface area contributed by atoms with E-state index in [1.807, 2.05) is 36.4 Å². The first kappa shape index (κ1) is 26.8. The number of benzene rings is 3. The molecule has 8 aliphatic carbocycles. The third-order valence-corrected chi connectivity index (χ3v) is 12.7. The van der Waals surface area contributed by atoms with E-state index in [0.29, 0.717) is 34.4 Å². The number of phenols is 2. The number of nitrogens with two attached hydrogens (primary N) is 2. The van der Waals surface area contributed by atoms with Gasteiger partial charge in [-0.3, -0.25) is 0 Å². The van der Waals surface area contributed by atoms with Crippen LogP contribution < -0.4 is 20.9 Å². The molecule has 0 heterocycles. The molecule has 0 aromatic heterocycles. The number of anilines is 2. The van der Waals surface area contributed by atoms with Crippen LogP contribution >= 0.6 is 0 Å². The Morgan fingerprint density at radius 1 is 0.523 bits per heavy atom. The predicted octanol–water partition coefficient (Wildman–Crippen LogP) is 8.78. The third kappa shape index (κ3) is 4.12. The van der Waals surface area contributed by atoms with Gasteiger partial charge in [-0.1, -0.05) is 6.07 Å². The average Bonchev–Trinajstić information content (AvgIpc) is 2.96. The number of nitrogen functional groups attached to an aromatic ring is 2. The molecule has 0 radical (unpaired) electrons.